The lowest BCUT2D eigenvalue weighted by molar-refractivity contribution is 0.0232. The first kappa shape index (κ1) is 9.92. The van der Waals surface area contributed by atoms with E-state index in [1.54, 1.807) is 0 Å². The van der Waals surface area contributed by atoms with Gasteiger partial charge in [-0.15, -0.1) is 0 Å². The lowest BCUT2D eigenvalue weighted by Gasteiger charge is -2.29. The number of nitrogens with two attached hydrogens (primary N) is 1. The van der Waals surface area contributed by atoms with Crippen molar-refractivity contribution < 1.29 is 4.74 Å². The molecule has 0 aromatic heterocycles. The maximum Gasteiger partial charge on any atom is 0.0723 e. The molecule has 0 heterocycles. The van der Waals surface area contributed by atoms with Crippen LogP contribution in [0, 0.1) is 0 Å². The molecule has 0 spiro atoms. The Kier molecular flexibility index (Phi) is 3.91. The summed E-state index contributed by atoms with van der Waals surface area (Å²) in [4.78, 5) is 0. The lowest BCUT2D eigenvalue weighted by atomic mass is 9.94. The van der Waals surface area contributed by atoms with Crippen molar-refractivity contribution in [3.63, 3.8) is 0 Å². The van der Waals surface area contributed by atoms with Crippen LogP contribution < -0.4 is 5.73 Å². The summed E-state index contributed by atoms with van der Waals surface area (Å²) in [5.74, 6) is 0. The van der Waals surface area contributed by atoms with Gasteiger partial charge in [0, 0.05) is 12.1 Å². The van der Waals surface area contributed by atoms with Crippen LogP contribution in [0.4, 0.5) is 0 Å². The van der Waals surface area contributed by atoms with E-state index in [1.165, 1.54) is 0 Å². The SMILES string of the molecule is CCOC(C)C(C)(N)CC. The second-order valence-corrected chi connectivity index (χ2v) is 2.96. The highest BCUT2D eigenvalue weighted by molar-refractivity contribution is 4.83. The van der Waals surface area contributed by atoms with Gasteiger partial charge >= 0.3 is 0 Å². The van der Waals surface area contributed by atoms with Crippen molar-refractivity contribution in [2.45, 2.75) is 45.8 Å². The van der Waals surface area contributed by atoms with Gasteiger partial charge in [0.05, 0.1) is 6.10 Å². The Morgan fingerprint density at radius 1 is 1.50 bits per heavy atom. The molecule has 2 nitrogen and oxygen atoms in total. The van der Waals surface area contributed by atoms with Gasteiger partial charge in [0.1, 0.15) is 0 Å². The molecule has 0 fully saturated rings. The van der Waals surface area contributed by atoms with Gasteiger partial charge in [0.25, 0.3) is 0 Å². The van der Waals surface area contributed by atoms with Gasteiger partial charge in [-0.2, -0.15) is 0 Å². The van der Waals surface area contributed by atoms with Crippen LogP contribution in [0.5, 0.6) is 0 Å². The Labute approximate surface area is 63.7 Å². The predicted molar refractivity (Wildman–Crippen MR) is 44.0 cm³/mol. The van der Waals surface area contributed by atoms with E-state index in [9.17, 15) is 0 Å². The van der Waals surface area contributed by atoms with Crippen LogP contribution in [0.1, 0.15) is 34.1 Å². The van der Waals surface area contributed by atoms with E-state index in [4.69, 9.17) is 10.5 Å². The van der Waals surface area contributed by atoms with E-state index in [2.05, 4.69) is 6.92 Å². The number of ether oxygens (including phenoxy) is 1. The molecule has 0 saturated carbocycles. The summed E-state index contributed by atoms with van der Waals surface area (Å²) in [6.07, 6.45) is 1.11. The maximum absolute atomic E-state index is 5.92. The summed E-state index contributed by atoms with van der Waals surface area (Å²) >= 11 is 0. The number of rotatable bonds is 4. The van der Waals surface area contributed by atoms with E-state index in [-0.39, 0.29) is 11.6 Å². The van der Waals surface area contributed by atoms with E-state index in [1.807, 2.05) is 20.8 Å². The molecule has 0 aliphatic carbocycles. The normalized spacial score (nSPS) is 20.1. The molecule has 0 bridgehead atoms. The molecule has 2 heteroatoms. The van der Waals surface area contributed by atoms with E-state index in [0.29, 0.717) is 0 Å². The topological polar surface area (TPSA) is 35.2 Å². The largest absolute Gasteiger partial charge is 0.377 e. The van der Waals surface area contributed by atoms with E-state index < -0.39 is 0 Å². The van der Waals surface area contributed by atoms with Crippen LogP contribution in [0.25, 0.3) is 0 Å². The van der Waals surface area contributed by atoms with Crippen LogP contribution in [0.2, 0.25) is 0 Å². The molecule has 0 radical (unpaired) electrons. The molecule has 0 aromatic carbocycles. The van der Waals surface area contributed by atoms with Crippen molar-refractivity contribution in [2.24, 2.45) is 5.73 Å². The number of hydrogen-bond acceptors (Lipinski definition) is 2. The van der Waals surface area contributed by atoms with E-state index in [0.717, 1.165) is 13.0 Å². The van der Waals surface area contributed by atoms with Gasteiger partial charge in [-0.3, -0.25) is 0 Å². The van der Waals surface area contributed by atoms with Gasteiger partial charge in [-0.05, 0) is 27.2 Å². The van der Waals surface area contributed by atoms with E-state index >= 15 is 0 Å². The minimum absolute atomic E-state index is 0.155. The predicted octanol–water partition coefficient (Wildman–Crippen LogP) is 1.54. The highest BCUT2D eigenvalue weighted by atomic mass is 16.5. The van der Waals surface area contributed by atoms with Gasteiger partial charge < -0.3 is 10.5 Å². The smallest absolute Gasteiger partial charge is 0.0723 e. The third-order valence-corrected chi connectivity index (χ3v) is 2.11. The fourth-order valence-electron chi connectivity index (χ4n) is 0.728. The van der Waals surface area contributed by atoms with Crippen LogP contribution in [0.3, 0.4) is 0 Å². The Morgan fingerprint density at radius 2 is 2.00 bits per heavy atom. The summed E-state index contributed by atoms with van der Waals surface area (Å²) in [6, 6.07) is 0. The number of hydrogen-bond donors (Lipinski definition) is 1. The molecule has 10 heavy (non-hydrogen) atoms. The minimum atomic E-state index is -0.171. The summed E-state index contributed by atoms with van der Waals surface area (Å²) in [5, 5.41) is 0. The van der Waals surface area contributed by atoms with Gasteiger partial charge in [-0.25, -0.2) is 0 Å². The maximum atomic E-state index is 5.92. The van der Waals surface area contributed by atoms with Gasteiger partial charge in [0.15, 0.2) is 0 Å². The Balaban J connectivity index is 3.78. The Bertz CT molecular complexity index is 91.3. The Morgan fingerprint density at radius 3 is 2.30 bits per heavy atom. The quantitative estimate of drug-likeness (QED) is 0.651. The van der Waals surface area contributed by atoms with Crippen LogP contribution in [-0.2, 0) is 4.74 Å². The third-order valence-electron chi connectivity index (χ3n) is 2.11. The average molecular weight is 145 g/mol. The molecule has 0 aliphatic rings. The summed E-state index contributed by atoms with van der Waals surface area (Å²) in [5.41, 5.74) is 5.75. The monoisotopic (exact) mass is 145 g/mol. The Hall–Kier alpha value is -0.0800. The van der Waals surface area contributed by atoms with Crippen molar-refractivity contribution in [3.8, 4) is 0 Å². The van der Waals surface area contributed by atoms with Crippen molar-refractivity contribution >= 4 is 0 Å². The fraction of sp³-hybridized carbons (Fsp3) is 1.00. The molecular formula is C8H19NO. The van der Waals surface area contributed by atoms with Crippen molar-refractivity contribution in [3.05, 3.63) is 0 Å². The highest BCUT2D eigenvalue weighted by Crippen LogP contribution is 2.13. The van der Waals surface area contributed by atoms with Gasteiger partial charge in [-0.1, -0.05) is 6.92 Å². The summed E-state index contributed by atoms with van der Waals surface area (Å²) < 4.78 is 5.37. The zero-order valence-corrected chi connectivity index (χ0v) is 7.48. The van der Waals surface area contributed by atoms with Crippen LogP contribution in [-0.4, -0.2) is 18.2 Å². The molecule has 0 amide bonds. The molecule has 0 rings (SSSR count). The first-order valence-corrected chi connectivity index (χ1v) is 3.95. The zero-order chi connectivity index (χ0) is 8.20. The fourth-order valence-corrected chi connectivity index (χ4v) is 0.728. The van der Waals surface area contributed by atoms with Crippen LogP contribution in [0.15, 0.2) is 0 Å². The first-order chi connectivity index (χ1) is 4.54. The molecule has 62 valence electrons. The van der Waals surface area contributed by atoms with Crippen molar-refractivity contribution in [1.29, 1.82) is 0 Å². The second kappa shape index (κ2) is 3.94. The highest BCUT2D eigenvalue weighted by Gasteiger charge is 2.24. The molecule has 2 N–H and O–H groups in total. The average Bonchev–Trinajstić information content (AvgIpc) is 1.89. The zero-order valence-electron chi connectivity index (χ0n) is 7.48. The molecule has 2 unspecified atom stereocenters. The molecule has 0 saturated heterocycles. The molecular weight excluding hydrogens is 126 g/mol. The molecule has 0 aromatic rings. The summed E-state index contributed by atoms with van der Waals surface area (Å²) in [6.45, 7) is 8.85. The molecule has 0 aliphatic heterocycles. The first-order valence-electron chi connectivity index (χ1n) is 3.95. The standard InChI is InChI=1S/C8H19NO/c1-5-8(4,9)7(3)10-6-2/h7H,5-6,9H2,1-4H3. The van der Waals surface area contributed by atoms with Crippen molar-refractivity contribution in [1.82, 2.24) is 0 Å². The van der Waals surface area contributed by atoms with Gasteiger partial charge in [0.2, 0.25) is 0 Å². The second-order valence-electron chi connectivity index (χ2n) is 2.96. The third kappa shape index (κ3) is 2.67. The molecule has 2 atom stereocenters. The summed E-state index contributed by atoms with van der Waals surface area (Å²) in [7, 11) is 0. The van der Waals surface area contributed by atoms with Crippen LogP contribution >= 0.6 is 0 Å². The lowest BCUT2D eigenvalue weighted by Crippen LogP contribution is -2.47. The minimum Gasteiger partial charge on any atom is -0.377 e. The van der Waals surface area contributed by atoms with Crippen molar-refractivity contribution in [2.75, 3.05) is 6.61 Å².